The van der Waals surface area contributed by atoms with Gasteiger partial charge in [0.05, 0.1) is 0 Å². The lowest BCUT2D eigenvalue weighted by Crippen LogP contribution is -2.23. The fraction of sp³-hybridized carbons (Fsp3) is 0.467. The lowest BCUT2D eigenvalue weighted by atomic mass is 10.1. The van der Waals surface area contributed by atoms with Gasteiger partial charge in [-0.25, -0.2) is 0 Å². The van der Waals surface area contributed by atoms with E-state index >= 15 is 0 Å². The third-order valence-corrected chi connectivity index (χ3v) is 3.02. The van der Waals surface area contributed by atoms with E-state index in [9.17, 15) is 9.59 Å². The van der Waals surface area contributed by atoms with Gasteiger partial charge in [0.15, 0.2) is 0 Å². The zero-order valence-corrected chi connectivity index (χ0v) is 11.3. The summed E-state index contributed by atoms with van der Waals surface area (Å²) in [6.45, 7) is 2.63. The van der Waals surface area contributed by atoms with E-state index in [4.69, 9.17) is 5.11 Å². The summed E-state index contributed by atoms with van der Waals surface area (Å²) in [5.74, 6) is -0.825. The Hall–Kier alpha value is -1.84. The SMILES string of the molecule is CCc1ccccc1CNC(=O)CCCCC(=O)O. The van der Waals surface area contributed by atoms with Gasteiger partial charge in [0.2, 0.25) is 5.91 Å². The van der Waals surface area contributed by atoms with Crippen molar-refractivity contribution in [1.29, 1.82) is 0 Å². The van der Waals surface area contributed by atoms with Gasteiger partial charge in [-0.3, -0.25) is 9.59 Å². The molecule has 0 radical (unpaired) electrons. The molecule has 0 bridgehead atoms. The van der Waals surface area contributed by atoms with Crippen LogP contribution in [0.3, 0.4) is 0 Å². The summed E-state index contributed by atoms with van der Waals surface area (Å²) < 4.78 is 0. The van der Waals surface area contributed by atoms with Crippen LogP contribution in [0.1, 0.15) is 43.7 Å². The first kappa shape index (κ1) is 15.2. The van der Waals surface area contributed by atoms with Crippen LogP contribution in [0.5, 0.6) is 0 Å². The molecule has 1 aromatic rings. The first-order chi connectivity index (χ1) is 9.13. The van der Waals surface area contributed by atoms with Crippen molar-refractivity contribution >= 4 is 11.9 Å². The molecule has 0 heterocycles. The first-order valence-electron chi connectivity index (χ1n) is 6.68. The molecule has 4 heteroatoms. The normalized spacial score (nSPS) is 10.2. The Morgan fingerprint density at radius 1 is 1.11 bits per heavy atom. The Balaban J connectivity index is 2.28. The highest BCUT2D eigenvalue weighted by molar-refractivity contribution is 5.76. The van der Waals surface area contributed by atoms with Gasteiger partial charge in [0.25, 0.3) is 0 Å². The van der Waals surface area contributed by atoms with Crippen LogP contribution >= 0.6 is 0 Å². The van der Waals surface area contributed by atoms with E-state index in [-0.39, 0.29) is 12.3 Å². The maximum absolute atomic E-state index is 11.6. The molecule has 0 aliphatic heterocycles. The fourth-order valence-corrected chi connectivity index (χ4v) is 1.92. The van der Waals surface area contributed by atoms with Crippen molar-refractivity contribution in [3.8, 4) is 0 Å². The number of carboxylic acids is 1. The minimum absolute atomic E-state index is 0.0173. The Kier molecular flexibility index (Phi) is 6.64. The number of rotatable bonds is 8. The van der Waals surface area contributed by atoms with E-state index in [1.54, 1.807) is 0 Å². The quantitative estimate of drug-likeness (QED) is 0.708. The van der Waals surface area contributed by atoms with Crippen molar-refractivity contribution in [2.24, 2.45) is 0 Å². The number of carbonyl (C=O) groups is 2. The van der Waals surface area contributed by atoms with Gasteiger partial charge in [0.1, 0.15) is 0 Å². The van der Waals surface area contributed by atoms with E-state index in [2.05, 4.69) is 18.3 Å². The summed E-state index contributed by atoms with van der Waals surface area (Å²) >= 11 is 0. The van der Waals surface area contributed by atoms with Gasteiger partial charge < -0.3 is 10.4 Å². The van der Waals surface area contributed by atoms with E-state index in [1.807, 2.05) is 18.2 Å². The number of aryl methyl sites for hydroxylation is 1. The second kappa shape index (κ2) is 8.29. The van der Waals surface area contributed by atoms with Crippen molar-refractivity contribution in [3.05, 3.63) is 35.4 Å². The highest BCUT2D eigenvalue weighted by Gasteiger charge is 2.04. The van der Waals surface area contributed by atoms with Gasteiger partial charge in [0, 0.05) is 19.4 Å². The molecule has 0 aromatic heterocycles. The number of carbonyl (C=O) groups excluding carboxylic acids is 1. The minimum atomic E-state index is -0.808. The van der Waals surface area contributed by atoms with Crippen LogP contribution in [0.4, 0.5) is 0 Å². The second-order valence-electron chi connectivity index (χ2n) is 4.50. The van der Waals surface area contributed by atoms with Crippen LogP contribution in [0.2, 0.25) is 0 Å². The zero-order valence-electron chi connectivity index (χ0n) is 11.3. The van der Waals surface area contributed by atoms with Crippen LogP contribution in [0.25, 0.3) is 0 Å². The van der Waals surface area contributed by atoms with Crippen molar-refractivity contribution in [1.82, 2.24) is 5.32 Å². The molecule has 0 fully saturated rings. The molecule has 1 rings (SSSR count). The summed E-state index contributed by atoms with van der Waals surface area (Å²) in [5, 5.41) is 11.4. The Labute approximate surface area is 113 Å². The van der Waals surface area contributed by atoms with Crippen LogP contribution in [-0.2, 0) is 22.6 Å². The molecule has 0 saturated carbocycles. The minimum Gasteiger partial charge on any atom is -0.481 e. The van der Waals surface area contributed by atoms with E-state index < -0.39 is 5.97 Å². The summed E-state index contributed by atoms with van der Waals surface area (Å²) in [6, 6.07) is 8.04. The fourth-order valence-electron chi connectivity index (χ4n) is 1.92. The van der Waals surface area contributed by atoms with Crippen LogP contribution < -0.4 is 5.32 Å². The molecule has 0 saturated heterocycles. The summed E-state index contributed by atoms with van der Waals surface area (Å²) in [5.41, 5.74) is 2.39. The number of amides is 1. The molecule has 0 spiro atoms. The van der Waals surface area contributed by atoms with Crippen LogP contribution in [0, 0.1) is 0 Å². The Morgan fingerprint density at radius 3 is 2.37 bits per heavy atom. The maximum Gasteiger partial charge on any atom is 0.303 e. The van der Waals surface area contributed by atoms with Gasteiger partial charge in [-0.1, -0.05) is 31.2 Å². The molecular formula is C15H21NO3. The molecule has 2 N–H and O–H groups in total. The van der Waals surface area contributed by atoms with Crippen LogP contribution in [-0.4, -0.2) is 17.0 Å². The molecule has 0 atom stereocenters. The van der Waals surface area contributed by atoms with Crippen molar-refractivity contribution in [2.45, 2.75) is 45.6 Å². The molecule has 1 amide bonds. The number of unbranched alkanes of at least 4 members (excludes halogenated alkanes) is 1. The topological polar surface area (TPSA) is 66.4 Å². The highest BCUT2D eigenvalue weighted by atomic mass is 16.4. The van der Waals surface area contributed by atoms with Crippen LogP contribution in [0.15, 0.2) is 24.3 Å². The predicted octanol–water partition coefficient (Wildman–Crippen LogP) is 2.51. The highest BCUT2D eigenvalue weighted by Crippen LogP contribution is 2.09. The van der Waals surface area contributed by atoms with Crippen molar-refractivity contribution < 1.29 is 14.7 Å². The lowest BCUT2D eigenvalue weighted by Gasteiger charge is -2.09. The van der Waals surface area contributed by atoms with Crippen molar-refractivity contribution in [3.63, 3.8) is 0 Å². The van der Waals surface area contributed by atoms with E-state index in [0.717, 1.165) is 12.0 Å². The molecular weight excluding hydrogens is 242 g/mol. The molecule has 0 aliphatic rings. The molecule has 0 aliphatic carbocycles. The van der Waals surface area contributed by atoms with Gasteiger partial charge in [-0.05, 0) is 30.4 Å². The molecule has 4 nitrogen and oxygen atoms in total. The molecule has 104 valence electrons. The summed E-state index contributed by atoms with van der Waals surface area (Å²) in [7, 11) is 0. The molecule has 0 unspecified atom stereocenters. The monoisotopic (exact) mass is 263 g/mol. The standard InChI is InChI=1S/C15H21NO3/c1-2-12-7-3-4-8-13(12)11-16-14(17)9-5-6-10-15(18)19/h3-4,7-8H,2,5-6,9-11H2,1H3,(H,16,17)(H,18,19). The zero-order chi connectivity index (χ0) is 14.1. The van der Waals surface area contributed by atoms with Gasteiger partial charge in [-0.15, -0.1) is 0 Å². The summed E-state index contributed by atoms with van der Waals surface area (Å²) in [6.07, 6.45) is 2.64. The summed E-state index contributed by atoms with van der Waals surface area (Å²) in [4.78, 5) is 21.9. The average molecular weight is 263 g/mol. The number of hydrogen-bond acceptors (Lipinski definition) is 2. The maximum atomic E-state index is 11.6. The van der Waals surface area contributed by atoms with E-state index in [1.165, 1.54) is 5.56 Å². The van der Waals surface area contributed by atoms with Gasteiger partial charge in [-0.2, -0.15) is 0 Å². The number of carboxylic acid groups (broad SMARTS) is 1. The third-order valence-electron chi connectivity index (χ3n) is 3.02. The number of aliphatic carboxylic acids is 1. The molecule has 19 heavy (non-hydrogen) atoms. The number of nitrogens with one attached hydrogen (secondary N) is 1. The Bertz CT molecular complexity index is 429. The largest absolute Gasteiger partial charge is 0.481 e. The average Bonchev–Trinajstić information content (AvgIpc) is 2.41. The molecule has 1 aromatic carbocycles. The number of benzene rings is 1. The third kappa shape index (κ3) is 6.04. The number of hydrogen-bond donors (Lipinski definition) is 2. The predicted molar refractivity (Wildman–Crippen MR) is 73.8 cm³/mol. The lowest BCUT2D eigenvalue weighted by molar-refractivity contribution is -0.137. The van der Waals surface area contributed by atoms with Gasteiger partial charge >= 0.3 is 5.97 Å². The Morgan fingerprint density at radius 2 is 1.74 bits per heavy atom. The second-order valence-corrected chi connectivity index (χ2v) is 4.50. The smallest absolute Gasteiger partial charge is 0.303 e. The van der Waals surface area contributed by atoms with Crippen molar-refractivity contribution in [2.75, 3.05) is 0 Å². The van der Waals surface area contributed by atoms with E-state index in [0.29, 0.717) is 25.8 Å². The first-order valence-corrected chi connectivity index (χ1v) is 6.68.